The highest BCUT2D eigenvalue weighted by Gasteiger charge is 2.41. The van der Waals surface area contributed by atoms with E-state index in [9.17, 15) is 9.59 Å². The van der Waals surface area contributed by atoms with Crippen LogP contribution in [0.2, 0.25) is 0 Å². The fraction of sp³-hybridized carbons (Fsp3) is 0.471. The van der Waals surface area contributed by atoms with Crippen LogP contribution in [0.1, 0.15) is 63.3 Å². The summed E-state index contributed by atoms with van der Waals surface area (Å²) in [6.07, 6.45) is 0.771. The summed E-state index contributed by atoms with van der Waals surface area (Å²) in [7, 11) is 1.59. The molecule has 2 amide bonds. The molecule has 0 aromatic heterocycles. The van der Waals surface area contributed by atoms with Crippen LogP contribution in [0.5, 0.6) is 5.75 Å². The minimum absolute atomic E-state index is 0.0371. The first-order chi connectivity index (χ1) is 20.6. The Morgan fingerprint density at radius 3 is 2.60 bits per heavy atom. The number of methoxy groups -OCH3 is 1. The largest absolute Gasteiger partial charge is 0.495 e. The third kappa shape index (κ3) is 9.16. The average molecular weight is 590 g/mol. The third-order valence-electron chi connectivity index (χ3n) is 7.19. The molecule has 230 valence electrons. The average Bonchev–Trinajstić information content (AvgIpc) is 3.83. The second kappa shape index (κ2) is 14.3. The summed E-state index contributed by atoms with van der Waals surface area (Å²) in [5.41, 5.74) is 2.14. The van der Waals surface area contributed by atoms with Gasteiger partial charge in [0.2, 0.25) is 0 Å². The highest BCUT2D eigenvalue weighted by molar-refractivity contribution is 5.82. The minimum atomic E-state index is -0.609. The molecule has 2 atom stereocenters. The lowest BCUT2D eigenvalue weighted by Gasteiger charge is -2.39. The summed E-state index contributed by atoms with van der Waals surface area (Å²) in [5.74, 6) is 7.20. The van der Waals surface area contributed by atoms with E-state index in [1.165, 1.54) is 0 Å². The van der Waals surface area contributed by atoms with Gasteiger partial charge in [0.25, 0.3) is 5.91 Å². The molecule has 1 aliphatic heterocycles. The maximum atomic E-state index is 13.9. The van der Waals surface area contributed by atoms with Crippen molar-refractivity contribution in [2.45, 2.75) is 70.9 Å². The fourth-order valence-corrected chi connectivity index (χ4v) is 4.92. The van der Waals surface area contributed by atoms with Gasteiger partial charge in [-0.1, -0.05) is 48.2 Å². The summed E-state index contributed by atoms with van der Waals surface area (Å²) in [5, 5.41) is 2.65. The Kier molecular flexibility index (Phi) is 10.6. The van der Waals surface area contributed by atoms with Gasteiger partial charge in [-0.05, 0) is 70.4 Å². The Morgan fingerprint density at radius 1 is 1.19 bits per heavy atom. The monoisotopic (exact) mass is 589 g/mol. The molecule has 43 heavy (non-hydrogen) atoms. The van der Waals surface area contributed by atoms with E-state index in [1.807, 2.05) is 86.0 Å². The number of carbonyl (C=O) groups is 2. The summed E-state index contributed by atoms with van der Waals surface area (Å²) in [6.45, 7) is 13.8. The number of carbonyl (C=O) groups excluding carboxylic acids is 2. The molecule has 1 unspecified atom stereocenters. The maximum absolute atomic E-state index is 13.9. The Balaban J connectivity index is 1.40. The second-order valence-electron chi connectivity index (χ2n) is 11.7. The Labute approximate surface area is 255 Å². The second-order valence-corrected chi connectivity index (χ2v) is 11.7. The normalized spacial score (nSPS) is 17.1. The number of hydrogen-bond acceptors (Lipinski definition) is 7. The van der Waals surface area contributed by atoms with Gasteiger partial charge in [-0.3, -0.25) is 4.79 Å². The summed E-state index contributed by atoms with van der Waals surface area (Å²) < 4.78 is 22.7. The van der Waals surface area contributed by atoms with E-state index in [4.69, 9.17) is 18.9 Å². The molecule has 0 bridgehead atoms. The van der Waals surface area contributed by atoms with Crippen molar-refractivity contribution in [2.75, 3.05) is 33.4 Å². The van der Waals surface area contributed by atoms with Gasteiger partial charge in [-0.25, -0.2) is 4.79 Å². The van der Waals surface area contributed by atoms with Crippen LogP contribution >= 0.6 is 0 Å². The number of amides is 2. The van der Waals surface area contributed by atoms with Crippen LogP contribution in [0.4, 0.5) is 4.79 Å². The van der Waals surface area contributed by atoms with Crippen LogP contribution in [0.3, 0.4) is 0 Å². The quantitative estimate of drug-likeness (QED) is 0.308. The molecule has 1 heterocycles. The molecular weight excluding hydrogens is 546 g/mol. The van der Waals surface area contributed by atoms with Crippen LogP contribution < -0.4 is 10.1 Å². The van der Waals surface area contributed by atoms with E-state index in [-0.39, 0.29) is 36.7 Å². The zero-order valence-corrected chi connectivity index (χ0v) is 25.9. The van der Waals surface area contributed by atoms with Crippen molar-refractivity contribution in [3.63, 3.8) is 0 Å². The van der Waals surface area contributed by atoms with Crippen molar-refractivity contribution in [2.24, 2.45) is 0 Å². The number of hydrogen-bond donors (Lipinski definition) is 1. The topological polar surface area (TPSA) is 89.6 Å². The van der Waals surface area contributed by atoms with Gasteiger partial charge in [0.05, 0.1) is 38.4 Å². The standard InChI is InChI=1S/C34H43N3O6/c1-24(37(29-15-16-29)32(38)31-22-36(19-20-41-31)25(2)43-34(3,4)5)27-14-17-30(40-6)28(21-27)13-10-18-35-33(39)42-23-26-11-8-7-9-12-26/h7-9,11-12,14,17,21,24,29,31H,2,15-16,18-20,22-23H2,1,3-6H3,(H,35,39)/t24?,31-/m1/s1. The van der Waals surface area contributed by atoms with Crippen molar-refractivity contribution in [1.82, 2.24) is 15.1 Å². The number of morpholine rings is 1. The molecular formula is C34H43N3O6. The molecule has 1 aliphatic carbocycles. The maximum Gasteiger partial charge on any atom is 0.408 e. The zero-order valence-electron chi connectivity index (χ0n) is 25.9. The zero-order chi connectivity index (χ0) is 31.0. The SMILES string of the molecule is C=C(OC(C)(C)C)N1CCO[C@@H](C(=O)N(C2CC2)C(C)c2ccc(OC)c(C#CCNC(=O)OCc3ccccc3)c2)C1. The Morgan fingerprint density at radius 2 is 1.93 bits per heavy atom. The van der Waals surface area contributed by atoms with Crippen LogP contribution in [0, 0.1) is 11.8 Å². The number of ether oxygens (including phenoxy) is 4. The molecule has 2 aromatic rings. The van der Waals surface area contributed by atoms with E-state index in [2.05, 4.69) is 23.7 Å². The van der Waals surface area contributed by atoms with Gasteiger partial charge in [-0.15, -0.1) is 0 Å². The van der Waals surface area contributed by atoms with Crippen molar-refractivity contribution >= 4 is 12.0 Å². The van der Waals surface area contributed by atoms with E-state index < -0.39 is 12.2 Å². The van der Waals surface area contributed by atoms with Crippen LogP contribution in [-0.2, 0) is 25.6 Å². The highest BCUT2D eigenvalue weighted by Crippen LogP contribution is 2.36. The molecule has 9 nitrogen and oxygen atoms in total. The first kappa shape index (κ1) is 31.8. The van der Waals surface area contributed by atoms with Crippen molar-refractivity contribution in [3.05, 3.63) is 77.7 Å². The molecule has 4 rings (SSSR count). The van der Waals surface area contributed by atoms with Crippen molar-refractivity contribution < 1.29 is 28.5 Å². The van der Waals surface area contributed by atoms with E-state index >= 15 is 0 Å². The van der Waals surface area contributed by atoms with Crippen molar-refractivity contribution in [3.8, 4) is 17.6 Å². The molecule has 1 N–H and O–H groups in total. The van der Waals surface area contributed by atoms with Crippen molar-refractivity contribution in [1.29, 1.82) is 0 Å². The van der Waals surface area contributed by atoms with Crippen LogP contribution in [-0.4, -0.2) is 72.9 Å². The van der Waals surface area contributed by atoms with Gasteiger partial charge in [0.1, 0.15) is 18.0 Å². The van der Waals surface area contributed by atoms with E-state index in [1.54, 1.807) is 7.11 Å². The van der Waals surface area contributed by atoms with Gasteiger partial charge in [0, 0.05) is 12.6 Å². The molecule has 0 radical (unpaired) electrons. The first-order valence-corrected chi connectivity index (χ1v) is 14.7. The number of alkyl carbamates (subject to hydrolysis) is 1. The first-order valence-electron chi connectivity index (χ1n) is 14.7. The number of nitrogens with one attached hydrogen (secondary N) is 1. The molecule has 2 aromatic carbocycles. The van der Waals surface area contributed by atoms with E-state index in [0.717, 1.165) is 24.0 Å². The van der Waals surface area contributed by atoms with Crippen LogP contribution in [0.25, 0.3) is 0 Å². The lowest BCUT2D eigenvalue weighted by atomic mass is 10.0. The lowest BCUT2D eigenvalue weighted by Crippen LogP contribution is -2.52. The molecule has 1 saturated carbocycles. The molecule has 2 aliphatic rings. The summed E-state index contributed by atoms with van der Waals surface area (Å²) >= 11 is 0. The minimum Gasteiger partial charge on any atom is -0.495 e. The highest BCUT2D eigenvalue weighted by atomic mass is 16.5. The smallest absolute Gasteiger partial charge is 0.408 e. The predicted octanol–water partition coefficient (Wildman–Crippen LogP) is 5.01. The third-order valence-corrected chi connectivity index (χ3v) is 7.19. The Hall–Kier alpha value is -4.16. The number of nitrogens with zero attached hydrogens (tertiary/aromatic N) is 2. The summed E-state index contributed by atoms with van der Waals surface area (Å²) in [4.78, 5) is 29.9. The molecule has 2 fully saturated rings. The van der Waals surface area contributed by atoms with E-state index in [0.29, 0.717) is 36.9 Å². The fourth-order valence-electron chi connectivity index (χ4n) is 4.92. The molecule has 9 heteroatoms. The number of rotatable bonds is 10. The molecule has 1 saturated heterocycles. The molecule has 0 spiro atoms. The Bertz CT molecular complexity index is 1340. The predicted molar refractivity (Wildman–Crippen MR) is 164 cm³/mol. The van der Waals surface area contributed by atoms with Crippen LogP contribution in [0.15, 0.2) is 61.0 Å². The van der Waals surface area contributed by atoms with Gasteiger partial charge < -0.3 is 34.1 Å². The lowest BCUT2D eigenvalue weighted by molar-refractivity contribution is -0.153. The van der Waals surface area contributed by atoms with Gasteiger partial charge in [-0.2, -0.15) is 0 Å². The number of benzene rings is 2. The van der Waals surface area contributed by atoms with Gasteiger partial charge >= 0.3 is 6.09 Å². The van der Waals surface area contributed by atoms with Gasteiger partial charge in [0.15, 0.2) is 12.0 Å². The summed E-state index contributed by atoms with van der Waals surface area (Å²) in [6, 6.07) is 15.2.